The largest absolute Gasteiger partial charge is 0.354 e. The molecule has 3 rings (SSSR count). The summed E-state index contributed by atoms with van der Waals surface area (Å²) < 4.78 is 0. The summed E-state index contributed by atoms with van der Waals surface area (Å²) in [6.07, 6.45) is 2.45. The highest BCUT2D eigenvalue weighted by molar-refractivity contribution is 6.03. The molecule has 0 bridgehead atoms. The van der Waals surface area contributed by atoms with Crippen molar-refractivity contribution in [2.45, 2.75) is 27.2 Å². The molecule has 0 unspecified atom stereocenters. The molecule has 1 aromatic heterocycles. The van der Waals surface area contributed by atoms with Gasteiger partial charge in [0.15, 0.2) is 5.78 Å². The van der Waals surface area contributed by atoms with Crippen molar-refractivity contribution in [3.8, 4) is 0 Å². The minimum Gasteiger partial charge on any atom is -0.354 e. The van der Waals surface area contributed by atoms with Crippen molar-refractivity contribution in [3.63, 3.8) is 0 Å². The molecule has 0 atom stereocenters. The highest BCUT2D eigenvalue weighted by atomic mass is 16.2. The second-order valence-corrected chi connectivity index (χ2v) is 6.61. The molecule has 0 radical (unpaired) electrons. The minimum absolute atomic E-state index is 0.0106. The zero-order chi connectivity index (χ0) is 20.1. The summed E-state index contributed by atoms with van der Waals surface area (Å²) in [6.45, 7) is 5.57. The van der Waals surface area contributed by atoms with E-state index >= 15 is 0 Å². The Hall–Kier alpha value is -3.47. The summed E-state index contributed by atoms with van der Waals surface area (Å²) in [6, 6.07) is 16.7. The van der Waals surface area contributed by atoms with Crippen LogP contribution in [0.15, 0.2) is 60.8 Å². The quantitative estimate of drug-likeness (QED) is 0.586. The van der Waals surface area contributed by atoms with Gasteiger partial charge in [-0.1, -0.05) is 37.3 Å². The van der Waals surface area contributed by atoms with E-state index in [0.717, 1.165) is 34.6 Å². The molecule has 2 N–H and O–H groups in total. The van der Waals surface area contributed by atoms with Crippen molar-refractivity contribution in [3.05, 3.63) is 83.2 Å². The Morgan fingerprint density at radius 2 is 1.79 bits per heavy atom. The van der Waals surface area contributed by atoms with Crippen LogP contribution in [0.1, 0.15) is 45.8 Å². The number of aromatic nitrogens is 1. The van der Waals surface area contributed by atoms with E-state index in [-0.39, 0.29) is 11.7 Å². The van der Waals surface area contributed by atoms with Crippen LogP contribution in [0.25, 0.3) is 0 Å². The van der Waals surface area contributed by atoms with Gasteiger partial charge in [0, 0.05) is 16.9 Å². The maximum Gasteiger partial charge on any atom is 0.274 e. The van der Waals surface area contributed by atoms with Gasteiger partial charge in [0.2, 0.25) is 0 Å². The number of nitrogens with one attached hydrogen (secondary N) is 2. The summed E-state index contributed by atoms with van der Waals surface area (Å²) in [4.78, 5) is 28.4. The van der Waals surface area contributed by atoms with Crippen LogP contribution in [0, 0.1) is 6.92 Å². The number of carbonyl (C=O) groups is 2. The summed E-state index contributed by atoms with van der Waals surface area (Å²) in [5, 5.41) is 6.17. The first-order chi connectivity index (χ1) is 13.5. The molecule has 142 valence electrons. The van der Waals surface area contributed by atoms with Gasteiger partial charge in [-0.15, -0.1) is 0 Å². The lowest BCUT2D eigenvalue weighted by atomic mass is 10.1. The standard InChI is InChI=1S/C23H23N3O2/c1-4-17-8-5-7-15(2)22(17)26-23(28)21-12-11-20(14-24-21)25-19-10-6-9-18(13-19)16(3)27/h5-14,25H,4H2,1-3H3,(H,26,28). The third-order valence-corrected chi connectivity index (χ3v) is 4.53. The summed E-state index contributed by atoms with van der Waals surface area (Å²) >= 11 is 0. The van der Waals surface area contributed by atoms with E-state index in [1.165, 1.54) is 6.92 Å². The van der Waals surface area contributed by atoms with Crippen molar-refractivity contribution in [2.75, 3.05) is 10.6 Å². The molecule has 0 aliphatic heterocycles. The summed E-state index contributed by atoms with van der Waals surface area (Å²) in [5.41, 5.74) is 5.47. The third-order valence-electron chi connectivity index (χ3n) is 4.53. The van der Waals surface area contributed by atoms with Crippen molar-refractivity contribution in [2.24, 2.45) is 0 Å². The lowest BCUT2D eigenvalue weighted by molar-refractivity contribution is 0.101. The van der Waals surface area contributed by atoms with Gasteiger partial charge >= 0.3 is 0 Å². The smallest absolute Gasteiger partial charge is 0.274 e. The number of para-hydroxylation sites is 1. The molecule has 5 heteroatoms. The molecular weight excluding hydrogens is 350 g/mol. The van der Waals surface area contributed by atoms with E-state index in [9.17, 15) is 9.59 Å². The van der Waals surface area contributed by atoms with E-state index < -0.39 is 0 Å². The van der Waals surface area contributed by atoms with E-state index in [2.05, 4.69) is 22.5 Å². The Balaban J connectivity index is 1.73. The van der Waals surface area contributed by atoms with Crippen LogP contribution in [0.4, 0.5) is 17.1 Å². The number of benzene rings is 2. The number of rotatable bonds is 6. The first-order valence-corrected chi connectivity index (χ1v) is 9.22. The van der Waals surface area contributed by atoms with Crippen LogP contribution >= 0.6 is 0 Å². The van der Waals surface area contributed by atoms with Crippen LogP contribution in [-0.2, 0) is 6.42 Å². The lowest BCUT2D eigenvalue weighted by Crippen LogP contribution is -2.15. The fourth-order valence-electron chi connectivity index (χ4n) is 2.96. The molecule has 0 saturated heterocycles. The van der Waals surface area contributed by atoms with E-state index in [0.29, 0.717) is 11.3 Å². The highest BCUT2D eigenvalue weighted by Gasteiger charge is 2.12. The number of hydrogen-bond acceptors (Lipinski definition) is 4. The predicted molar refractivity (Wildman–Crippen MR) is 112 cm³/mol. The fraction of sp³-hybridized carbons (Fsp3) is 0.174. The van der Waals surface area contributed by atoms with Crippen LogP contribution in [-0.4, -0.2) is 16.7 Å². The first kappa shape index (κ1) is 19.3. The fourth-order valence-corrected chi connectivity index (χ4v) is 2.96. The maximum atomic E-state index is 12.6. The topological polar surface area (TPSA) is 71.1 Å². The molecule has 1 heterocycles. The Labute approximate surface area is 164 Å². The molecule has 28 heavy (non-hydrogen) atoms. The number of aryl methyl sites for hydroxylation is 2. The van der Waals surface area contributed by atoms with Gasteiger partial charge in [0.1, 0.15) is 5.69 Å². The minimum atomic E-state index is -0.242. The first-order valence-electron chi connectivity index (χ1n) is 9.22. The number of anilines is 3. The van der Waals surface area contributed by atoms with Gasteiger partial charge in [-0.2, -0.15) is 0 Å². The van der Waals surface area contributed by atoms with Gasteiger partial charge in [-0.05, 0) is 55.7 Å². The lowest BCUT2D eigenvalue weighted by Gasteiger charge is -2.13. The number of pyridine rings is 1. The predicted octanol–water partition coefficient (Wildman–Crippen LogP) is 5.15. The number of amides is 1. The van der Waals surface area contributed by atoms with Crippen LogP contribution in [0.3, 0.4) is 0 Å². The zero-order valence-electron chi connectivity index (χ0n) is 16.2. The number of nitrogens with zero attached hydrogens (tertiary/aromatic N) is 1. The average molecular weight is 373 g/mol. The number of hydrogen-bond donors (Lipinski definition) is 2. The number of carbonyl (C=O) groups excluding carboxylic acids is 2. The van der Waals surface area contributed by atoms with Crippen molar-refractivity contribution in [1.82, 2.24) is 4.98 Å². The Morgan fingerprint density at radius 1 is 1.00 bits per heavy atom. The Kier molecular flexibility index (Phi) is 5.84. The molecule has 0 spiro atoms. The molecule has 0 aliphatic carbocycles. The zero-order valence-corrected chi connectivity index (χ0v) is 16.2. The average Bonchev–Trinajstić information content (AvgIpc) is 2.70. The van der Waals surface area contributed by atoms with E-state index in [1.807, 2.05) is 37.3 Å². The summed E-state index contributed by atoms with van der Waals surface area (Å²) in [5.74, 6) is -0.231. The monoisotopic (exact) mass is 373 g/mol. The molecule has 0 saturated carbocycles. The maximum absolute atomic E-state index is 12.6. The molecular formula is C23H23N3O2. The second-order valence-electron chi connectivity index (χ2n) is 6.61. The number of ketones is 1. The SMILES string of the molecule is CCc1cccc(C)c1NC(=O)c1ccc(Nc2cccc(C(C)=O)c2)cn1. The normalized spacial score (nSPS) is 10.4. The van der Waals surface area contributed by atoms with Crippen LogP contribution < -0.4 is 10.6 Å². The highest BCUT2D eigenvalue weighted by Crippen LogP contribution is 2.22. The van der Waals surface area contributed by atoms with Gasteiger partial charge < -0.3 is 10.6 Å². The van der Waals surface area contributed by atoms with E-state index in [4.69, 9.17) is 0 Å². The molecule has 5 nitrogen and oxygen atoms in total. The van der Waals surface area contributed by atoms with Gasteiger partial charge in [-0.25, -0.2) is 4.98 Å². The molecule has 1 amide bonds. The van der Waals surface area contributed by atoms with Crippen LogP contribution in [0.5, 0.6) is 0 Å². The molecule has 3 aromatic rings. The van der Waals surface area contributed by atoms with Crippen molar-refractivity contribution < 1.29 is 9.59 Å². The van der Waals surface area contributed by atoms with Crippen molar-refractivity contribution >= 4 is 28.8 Å². The van der Waals surface area contributed by atoms with Crippen LogP contribution in [0.2, 0.25) is 0 Å². The molecule has 0 fully saturated rings. The van der Waals surface area contributed by atoms with E-state index in [1.54, 1.807) is 30.5 Å². The Morgan fingerprint density at radius 3 is 2.46 bits per heavy atom. The van der Waals surface area contributed by atoms with Gasteiger partial charge in [0.25, 0.3) is 5.91 Å². The molecule has 2 aromatic carbocycles. The summed E-state index contributed by atoms with van der Waals surface area (Å²) in [7, 11) is 0. The second kappa shape index (κ2) is 8.48. The molecule has 0 aliphatic rings. The third kappa shape index (κ3) is 4.43. The number of Topliss-reactive ketones (excluding diaryl/α,β-unsaturated/α-hetero) is 1. The van der Waals surface area contributed by atoms with Gasteiger partial charge in [-0.3, -0.25) is 9.59 Å². The van der Waals surface area contributed by atoms with Crippen molar-refractivity contribution in [1.29, 1.82) is 0 Å². The Bertz CT molecular complexity index is 1010. The van der Waals surface area contributed by atoms with Gasteiger partial charge in [0.05, 0.1) is 11.9 Å².